The van der Waals surface area contributed by atoms with E-state index in [4.69, 9.17) is 5.73 Å². The molecule has 2 heterocycles. The Bertz CT molecular complexity index is 708. The minimum atomic E-state index is -0.676. The number of carbonyl (C=O) groups excluding carboxylic acids is 3. The van der Waals surface area contributed by atoms with Crippen molar-refractivity contribution in [2.45, 2.75) is 65.2 Å². The van der Waals surface area contributed by atoms with Gasteiger partial charge >= 0.3 is 0 Å². The van der Waals surface area contributed by atoms with Gasteiger partial charge in [-0.2, -0.15) is 0 Å². The number of amides is 3. The molecule has 3 N–H and O–H groups in total. The number of nitrogens with two attached hydrogens (primary N) is 1. The summed E-state index contributed by atoms with van der Waals surface area (Å²) in [5, 5.41) is 2.78. The van der Waals surface area contributed by atoms with E-state index in [0.29, 0.717) is 19.6 Å². The number of hydrogen-bond donors (Lipinski definition) is 2. The Morgan fingerprint density at radius 3 is 2.59 bits per heavy atom. The second-order valence-electron chi connectivity index (χ2n) is 8.07. The molecule has 1 aliphatic rings. The third kappa shape index (κ3) is 6.25. The van der Waals surface area contributed by atoms with Gasteiger partial charge in [-0.3, -0.25) is 19.4 Å². The lowest BCUT2D eigenvalue weighted by molar-refractivity contribution is -0.140. The summed E-state index contributed by atoms with van der Waals surface area (Å²) in [6.45, 7) is 8.40. The maximum atomic E-state index is 13.2. The second kappa shape index (κ2) is 10.3. The summed E-state index contributed by atoms with van der Waals surface area (Å²) in [4.78, 5) is 45.3. The molecule has 0 radical (unpaired) electrons. The molecular formula is C21H33N5O3. The first-order valence-electron chi connectivity index (χ1n) is 10.2. The molecule has 1 aromatic heterocycles. The molecule has 2 rings (SSSR count). The van der Waals surface area contributed by atoms with Crippen LogP contribution in [-0.2, 0) is 20.9 Å². The van der Waals surface area contributed by atoms with E-state index in [1.807, 2.05) is 32.0 Å². The molecule has 1 aromatic rings. The zero-order valence-corrected chi connectivity index (χ0v) is 17.8. The number of aromatic nitrogens is 1. The summed E-state index contributed by atoms with van der Waals surface area (Å²) >= 11 is 0. The fourth-order valence-corrected chi connectivity index (χ4v) is 3.54. The molecule has 8 nitrogen and oxygen atoms in total. The Hall–Kier alpha value is -2.48. The van der Waals surface area contributed by atoms with E-state index in [2.05, 4.69) is 10.3 Å². The van der Waals surface area contributed by atoms with Crippen molar-refractivity contribution in [3.05, 3.63) is 30.1 Å². The maximum absolute atomic E-state index is 13.2. The van der Waals surface area contributed by atoms with E-state index in [1.165, 1.54) is 6.92 Å². The van der Waals surface area contributed by atoms with Crippen molar-refractivity contribution in [1.82, 2.24) is 20.1 Å². The van der Waals surface area contributed by atoms with E-state index < -0.39 is 12.1 Å². The van der Waals surface area contributed by atoms with Gasteiger partial charge in [0.25, 0.3) is 0 Å². The highest BCUT2D eigenvalue weighted by Crippen LogP contribution is 2.22. The zero-order valence-electron chi connectivity index (χ0n) is 17.8. The second-order valence-corrected chi connectivity index (χ2v) is 8.07. The van der Waals surface area contributed by atoms with Crippen molar-refractivity contribution >= 4 is 17.7 Å². The molecule has 160 valence electrons. The van der Waals surface area contributed by atoms with Crippen LogP contribution in [0.3, 0.4) is 0 Å². The number of nitrogens with one attached hydrogen (secondary N) is 1. The molecule has 1 aliphatic heterocycles. The summed E-state index contributed by atoms with van der Waals surface area (Å²) < 4.78 is 0. The van der Waals surface area contributed by atoms with Gasteiger partial charge in [-0.25, -0.2) is 0 Å². The quantitative estimate of drug-likeness (QED) is 0.671. The standard InChI is InChI=1S/C21H33N5O3/c1-14(2)19(24-20(28)15(3)22)21(29)26-11-7-9-18(26)13-25(16(4)27)12-17-8-5-6-10-23-17/h5-6,8,10,14-15,18-19H,7,9,11-13,22H2,1-4H3,(H,24,28)/t15-,18-,19-/m0/s1. The molecule has 0 saturated carbocycles. The minimum absolute atomic E-state index is 0.0550. The van der Waals surface area contributed by atoms with Gasteiger partial charge in [-0.05, 0) is 37.8 Å². The number of carbonyl (C=O) groups is 3. The number of nitrogens with zero attached hydrogens (tertiary/aromatic N) is 3. The molecule has 1 fully saturated rings. The molecular weight excluding hydrogens is 370 g/mol. The van der Waals surface area contributed by atoms with Crippen molar-refractivity contribution in [3.63, 3.8) is 0 Å². The Morgan fingerprint density at radius 1 is 1.31 bits per heavy atom. The van der Waals surface area contributed by atoms with Gasteiger partial charge < -0.3 is 20.9 Å². The predicted octanol–water partition coefficient (Wildman–Crippen LogP) is 0.909. The van der Waals surface area contributed by atoms with Crippen LogP contribution < -0.4 is 11.1 Å². The van der Waals surface area contributed by atoms with E-state index in [9.17, 15) is 14.4 Å². The van der Waals surface area contributed by atoms with Crippen LogP contribution in [0.2, 0.25) is 0 Å². The van der Waals surface area contributed by atoms with Gasteiger partial charge in [0.1, 0.15) is 6.04 Å². The van der Waals surface area contributed by atoms with E-state index >= 15 is 0 Å². The molecule has 0 bridgehead atoms. The summed E-state index contributed by atoms with van der Waals surface area (Å²) in [5.74, 6) is -0.573. The fraction of sp³-hybridized carbons (Fsp3) is 0.619. The van der Waals surface area contributed by atoms with Crippen LogP contribution in [0.25, 0.3) is 0 Å². The molecule has 0 aliphatic carbocycles. The first kappa shape index (κ1) is 22.8. The van der Waals surface area contributed by atoms with Crippen LogP contribution in [-0.4, -0.2) is 63.7 Å². The van der Waals surface area contributed by atoms with E-state index in [1.54, 1.807) is 22.9 Å². The molecule has 0 aromatic carbocycles. The van der Waals surface area contributed by atoms with Crippen molar-refractivity contribution < 1.29 is 14.4 Å². The molecule has 1 saturated heterocycles. The minimum Gasteiger partial charge on any atom is -0.343 e. The van der Waals surface area contributed by atoms with Crippen LogP contribution in [0.5, 0.6) is 0 Å². The molecule has 8 heteroatoms. The highest BCUT2D eigenvalue weighted by Gasteiger charge is 2.36. The average molecular weight is 404 g/mol. The monoisotopic (exact) mass is 403 g/mol. The van der Waals surface area contributed by atoms with Crippen molar-refractivity contribution in [2.75, 3.05) is 13.1 Å². The number of pyridine rings is 1. The summed E-state index contributed by atoms with van der Waals surface area (Å²) in [6, 6.07) is 4.22. The molecule has 29 heavy (non-hydrogen) atoms. The molecule has 3 atom stereocenters. The third-order valence-electron chi connectivity index (χ3n) is 5.26. The largest absolute Gasteiger partial charge is 0.343 e. The SMILES string of the molecule is CC(=O)N(Cc1ccccn1)C[C@@H]1CCCN1C(=O)[C@@H](NC(=O)[C@H](C)N)C(C)C. The third-order valence-corrected chi connectivity index (χ3v) is 5.26. The van der Waals surface area contributed by atoms with Crippen molar-refractivity contribution in [2.24, 2.45) is 11.7 Å². The van der Waals surface area contributed by atoms with Crippen LogP contribution in [0.1, 0.15) is 46.2 Å². The van der Waals surface area contributed by atoms with Crippen molar-refractivity contribution in [1.29, 1.82) is 0 Å². The number of rotatable bonds is 8. The first-order valence-corrected chi connectivity index (χ1v) is 10.2. The molecule has 0 spiro atoms. The summed E-state index contributed by atoms with van der Waals surface area (Å²) in [7, 11) is 0. The average Bonchev–Trinajstić information content (AvgIpc) is 3.13. The van der Waals surface area contributed by atoms with Gasteiger partial charge in [0.05, 0.1) is 18.3 Å². The van der Waals surface area contributed by atoms with Crippen LogP contribution in [0.4, 0.5) is 0 Å². The van der Waals surface area contributed by atoms with Crippen molar-refractivity contribution in [3.8, 4) is 0 Å². The Kier molecular flexibility index (Phi) is 8.13. The number of likely N-dealkylation sites (tertiary alicyclic amines) is 1. The summed E-state index contributed by atoms with van der Waals surface area (Å²) in [5.41, 5.74) is 6.46. The maximum Gasteiger partial charge on any atom is 0.245 e. The lowest BCUT2D eigenvalue weighted by Crippen LogP contribution is -2.56. The van der Waals surface area contributed by atoms with Gasteiger partial charge in [-0.1, -0.05) is 19.9 Å². The van der Waals surface area contributed by atoms with Crippen LogP contribution in [0.15, 0.2) is 24.4 Å². The molecule has 3 amide bonds. The fourth-order valence-electron chi connectivity index (χ4n) is 3.54. The van der Waals surface area contributed by atoms with Crippen LogP contribution >= 0.6 is 0 Å². The van der Waals surface area contributed by atoms with E-state index in [0.717, 1.165) is 18.5 Å². The highest BCUT2D eigenvalue weighted by molar-refractivity contribution is 5.90. The lowest BCUT2D eigenvalue weighted by Gasteiger charge is -2.34. The van der Waals surface area contributed by atoms with Crippen LogP contribution in [0, 0.1) is 5.92 Å². The van der Waals surface area contributed by atoms with Gasteiger partial charge in [-0.15, -0.1) is 0 Å². The first-order chi connectivity index (χ1) is 13.7. The van der Waals surface area contributed by atoms with Gasteiger partial charge in [0, 0.05) is 32.3 Å². The zero-order chi connectivity index (χ0) is 21.6. The lowest BCUT2D eigenvalue weighted by atomic mass is 10.0. The Balaban J connectivity index is 2.10. The Morgan fingerprint density at radius 2 is 2.03 bits per heavy atom. The highest BCUT2D eigenvalue weighted by atomic mass is 16.2. The smallest absolute Gasteiger partial charge is 0.245 e. The molecule has 0 unspecified atom stereocenters. The van der Waals surface area contributed by atoms with Gasteiger partial charge in [0.2, 0.25) is 17.7 Å². The van der Waals surface area contributed by atoms with E-state index in [-0.39, 0.29) is 29.7 Å². The Labute approximate surface area is 172 Å². The normalized spacial score (nSPS) is 18.4. The number of hydrogen-bond acceptors (Lipinski definition) is 5. The van der Waals surface area contributed by atoms with Gasteiger partial charge in [0.15, 0.2) is 0 Å². The summed E-state index contributed by atoms with van der Waals surface area (Å²) in [6.07, 6.45) is 3.40. The predicted molar refractivity (Wildman–Crippen MR) is 110 cm³/mol. The topological polar surface area (TPSA) is 109 Å².